The number of ether oxygens (including phenoxy) is 3. The van der Waals surface area contributed by atoms with Crippen LogP contribution in [0.25, 0.3) is 0 Å². The second-order valence-corrected chi connectivity index (χ2v) is 8.63. The highest BCUT2D eigenvalue weighted by molar-refractivity contribution is 6.02. The molecule has 2 rings (SSSR count). The van der Waals surface area contributed by atoms with Crippen LogP contribution in [0.3, 0.4) is 0 Å². The number of alkyl carbamates (subject to hydrolysis) is 2. The summed E-state index contributed by atoms with van der Waals surface area (Å²) < 4.78 is 20.5. The number of carbonyl (C=O) groups is 4. The maximum absolute atomic E-state index is 13.0. The first kappa shape index (κ1) is 28.3. The van der Waals surface area contributed by atoms with Gasteiger partial charge in [0.1, 0.15) is 12.2 Å². The molecule has 0 spiro atoms. The Kier molecular flexibility index (Phi) is 9.93. The van der Waals surface area contributed by atoms with Gasteiger partial charge in [-0.3, -0.25) is 15.8 Å². The number of carboxylic acid groups (broad SMARTS) is 1. The number of aliphatic carboxylic acids is 1. The summed E-state index contributed by atoms with van der Waals surface area (Å²) in [5.74, 6) is -3.06. The van der Waals surface area contributed by atoms with Crippen LogP contribution in [0.4, 0.5) is 9.59 Å². The highest BCUT2D eigenvalue weighted by Crippen LogP contribution is 2.17. The van der Waals surface area contributed by atoms with E-state index in [2.05, 4.69) is 10.5 Å². The standard InChI is InChI=1S/C23H30N4O9/c1-22(2,3)35-20(31)25-11-7-13-33-18(17(28)16-10-12-26-36-16)23(24,19(29)30)27-21(32)34-14-15-8-5-4-6-9-15/h4-6,8-10,12,18H,7,11,13-14,24H2,1-3H3,(H,25,31)(H,27,32)(H,29,30). The number of carbonyl (C=O) groups excluding carboxylic acids is 3. The van der Waals surface area contributed by atoms with Gasteiger partial charge in [0.05, 0.1) is 6.20 Å². The number of amides is 2. The molecule has 0 fully saturated rings. The second-order valence-electron chi connectivity index (χ2n) is 8.63. The first-order valence-corrected chi connectivity index (χ1v) is 11.0. The molecule has 13 heteroatoms. The maximum Gasteiger partial charge on any atom is 0.409 e. The van der Waals surface area contributed by atoms with E-state index < -0.39 is 41.3 Å². The Morgan fingerprint density at radius 1 is 1.11 bits per heavy atom. The minimum atomic E-state index is -2.73. The molecule has 0 aliphatic carbocycles. The van der Waals surface area contributed by atoms with Crippen molar-refractivity contribution in [3.8, 4) is 0 Å². The van der Waals surface area contributed by atoms with Gasteiger partial charge in [-0.25, -0.2) is 14.4 Å². The number of rotatable bonds is 12. The van der Waals surface area contributed by atoms with Crippen molar-refractivity contribution in [2.75, 3.05) is 13.2 Å². The molecule has 1 aromatic heterocycles. The summed E-state index contributed by atoms with van der Waals surface area (Å²) >= 11 is 0. The van der Waals surface area contributed by atoms with Crippen LogP contribution in [0.1, 0.15) is 43.3 Å². The van der Waals surface area contributed by atoms with E-state index >= 15 is 0 Å². The molecule has 0 aliphatic heterocycles. The third-order valence-electron chi connectivity index (χ3n) is 4.48. The molecule has 0 saturated carbocycles. The van der Waals surface area contributed by atoms with Gasteiger partial charge in [-0.2, -0.15) is 0 Å². The highest BCUT2D eigenvalue weighted by Gasteiger charge is 2.50. The zero-order valence-electron chi connectivity index (χ0n) is 20.2. The average Bonchev–Trinajstić information content (AvgIpc) is 3.34. The topological polar surface area (TPSA) is 192 Å². The van der Waals surface area contributed by atoms with Crippen molar-refractivity contribution < 1.29 is 43.0 Å². The second kappa shape index (κ2) is 12.7. The molecule has 36 heavy (non-hydrogen) atoms. The molecule has 0 aliphatic rings. The maximum atomic E-state index is 13.0. The van der Waals surface area contributed by atoms with Gasteiger partial charge in [0.15, 0.2) is 6.10 Å². The first-order valence-electron chi connectivity index (χ1n) is 11.0. The molecule has 0 bridgehead atoms. The van der Waals surface area contributed by atoms with Crippen LogP contribution < -0.4 is 16.4 Å². The van der Waals surface area contributed by atoms with Gasteiger partial charge in [0.2, 0.25) is 17.2 Å². The monoisotopic (exact) mass is 506 g/mol. The Morgan fingerprint density at radius 2 is 1.81 bits per heavy atom. The fourth-order valence-electron chi connectivity index (χ4n) is 2.82. The number of nitrogens with one attached hydrogen (secondary N) is 2. The van der Waals surface area contributed by atoms with Crippen molar-refractivity contribution in [2.24, 2.45) is 5.73 Å². The van der Waals surface area contributed by atoms with Gasteiger partial charge < -0.3 is 29.2 Å². The third kappa shape index (κ3) is 8.67. The zero-order valence-corrected chi connectivity index (χ0v) is 20.2. The van der Waals surface area contributed by atoms with E-state index in [0.717, 1.165) is 0 Å². The predicted octanol–water partition coefficient (Wildman–Crippen LogP) is 1.82. The minimum absolute atomic E-state index is 0.0926. The van der Waals surface area contributed by atoms with Gasteiger partial charge >= 0.3 is 18.2 Å². The molecule has 5 N–H and O–H groups in total. The van der Waals surface area contributed by atoms with E-state index in [0.29, 0.717) is 5.56 Å². The number of ketones is 1. The zero-order chi connectivity index (χ0) is 26.8. The van der Waals surface area contributed by atoms with Crippen LogP contribution in [0.2, 0.25) is 0 Å². The smallest absolute Gasteiger partial charge is 0.409 e. The summed E-state index contributed by atoms with van der Waals surface area (Å²) in [6.45, 7) is 4.84. The van der Waals surface area contributed by atoms with Crippen LogP contribution >= 0.6 is 0 Å². The van der Waals surface area contributed by atoms with Gasteiger partial charge in [-0.05, 0) is 32.8 Å². The molecule has 0 saturated heterocycles. The summed E-state index contributed by atoms with van der Waals surface area (Å²) in [5.41, 5.74) is 3.22. The third-order valence-corrected chi connectivity index (χ3v) is 4.48. The van der Waals surface area contributed by atoms with E-state index in [1.807, 2.05) is 5.32 Å². The van der Waals surface area contributed by atoms with Crippen molar-refractivity contribution in [3.63, 3.8) is 0 Å². The van der Waals surface area contributed by atoms with Gasteiger partial charge in [0, 0.05) is 19.2 Å². The summed E-state index contributed by atoms with van der Waals surface area (Å²) in [4.78, 5) is 49.2. The Labute approximate surface area is 207 Å². The molecule has 13 nitrogen and oxygen atoms in total. The molecule has 2 aromatic rings. The van der Waals surface area contributed by atoms with E-state index in [9.17, 15) is 24.3 Å². The van der Waals surface area contributed by atoms with Crippen molar-refractivity contribution in [2.45, 2.75) is 51.2 Å². The van der Waals surface area contributed by atoms with E-state index in [4.69, 9.17) is 24.5 Å². The quantitative estimate of drug-likeness (QED) is 0.186. The lowest BCUT2D eigenvalue weighted by atomic mass is 9.98. The first-order chi connectivity index (χ1) is 16.9. The Hall–Kier alpha value is -3.97. The highest BCUT2D eigenvalue weighted by atomic mass is 16.6. The number of nitrogens with zero attached hydrogens (tertiary/aromatic N) is 1. The predicted molar refractivity (Wildman–Crippen MR) is 124 cm³/mol. The number of benzene rings is 1. The van der Waals surface area contributed by atoms with E-state index in [1.165, 1.54) is 12.3 Å². The summed E-state index contributed by atoms with van der Waals surface area (Å²) in [6, 6.07) is 9.84. The Balaban J connectivity index is 2.07. The fraction of sp³-hybridized carbons (Fsp3) is 0.435. The summed E-state index contributed by atoms with van der Waals surface area (Å²) in [6.07, 6.45) is -2.43. The lowest BCUT2D eigenvalue weighted by Crippen LogP contribution is -2.71. The largest absolute Gasteiger partial charge is 0.478 e. The number of Topliss-reactive ketones (excluding diaryl/α,β-unsaturated/α-hetero) is 1. The summed E-state index contributed by atoms with van der Waals surface area (Å²) in [7, 11) is 0. The molecule has 2 atom stereocenters. The van der Waals surface area contributed by atoms with Crippen LogP contribution in [-0.2, 0) is 25.6 Å². The number of hydrogen-bond acceptors (Lipinski definition) is 10. The number of hydrogen-bond donors (Lipinski definition) is 4. The van der Waals surface area contributed by atoms with Crippen LogP contribution in [0.5, 0.6) is 0 Å². The van der Waals surface area contributed by atoms with Crippen LogP contribution in [-0.4, -0.2) is 64.7 Å². The molecule has 2 amide bonds. The van der Waals surface area contributed by atoms with Crippen molar-refractivity contribution in [1.82, 2.24) is 15.8 Å². The number of carboxylic acids is 1. The molecule has 1 heterocycles. The molecular weight excluding hydrogens is 476 g/mol. The number of aromatic nitrogens is 1. The lowest BCUT2D eigenvalue weighted by Gasteiger charge is -2.32. The SMILES string of the molecule is CC(C)(C)OC(=O)NCCCOC(C(=O)c1ccno1)C(N)(NC(=O)OCc1ccccc1)C(=O)O. The molecule has 0 radical (unpaired) electrons. The summed E-state index contributed by atoms with van der Waals surface area (Å²) in [5, 5.41) is 17.8. The molecule has 196 valence electrons. The normalized spacial score (nSPS) is 13.7. The van der Waals surface area contributed by atoms with E-state index in [1.54, 1.807) is 51.1 Å². The van der Waals surface area contributed by atoms with Crippen molar-refractivity contribution in [3.05, 3.63) is 53.9 Å². The van der Waals surface area contributed by atoms with Crippen LogP contribution in [0.15, 0.2) is 47.1 Å². The minimum Gasteiger partial charge on any atom is -0.478 e. The van der Waals surface area contributed by atoms with Gasteiger partial charge in [-0.15, -0.1) is 0 Å². The Bertz CT molecular complexity index is 1020. The van der Waals surface area contributed by atoms with Gasteiger partial charge in [-0.1, -0.05) is 35.5 Å². The van der Waals surface area contributed by atoms with Crippen LogP contribution in [0, 0.1) is 0 Å². The molecule has 1 aromatic carbocycles. The molecular formula is C23H30N4O9. The fourth-order valence-corrected chi connectivity index (χ4v) is 2.82. The van der Waals surface area contributed by atoms with Gasteiger partial charge in [0.25, 0.3) is 0 Å². The number of nitrogens with two attached hydrogens (primary N) is 1. The average molecular weight is 507 g/mol. The Morgan fingerprint density at radius 3 is 2.39 bits per heavy atom. The lowest BCUT2D eigenvalue weighted by molar-refractivity contribution is -0.150. The van der Waals surface area contributed by atoms with E-state index in [-0.39, 0.29) is 31.9 Å². The molecule has 2 unspecified atom stereocenters. The van der Waals surface area contributed by atoms with Crippen molar-refractivity contribution in [1.29, 1.82) is 0 Å². The van der Waals surface area contributed by atoms with Crippen molar-refractivity contribution >= 4 is 23.9 Å².